The van der Waals surface area contributed by atoms with E-state index < -0.39 is 0 Å². The molecule has 0 spiro atoms. The Hall–Kier alpha value is -7.16. The number of methoxy groups -OCH3 is 2. The van der Waals surface area contributed by atoms with Crippen molar-refractivity contribution in [2.75, 3.05) is 14.2 Å². The lowest BCUT2D eigenvalue weighted by molar-refractivity contribution is 0.415. The van der Waals surface area contributed by atoms with Crippen molar-refractivity contribution in [1.82, 2.24) is 0 Å². The van der Waals surface area contributed by atoms with Gasteiger partial charge in [0.1, 0.15) is 11.5 Å². The number of benzene rings is 10. The molecule has 0 aliphatic heterocycles. The second-order valence-corrected chi connectivity index (χ2v) is 16.4. The molecule has 10 aromatic rings. The van der Waals surface area contributed by atoms with E-state index in [0.29, 0.717) is 0 Å². The highest BCUT2D eigenvalue weighted by atomic mass is 16.5. The summed E-state index contributed by atoms with van der Waals surface area (Å²) in [7, 11) is 3.45. The Labute approximate surface area is 357 Å². The summed E-state index contributed by atoms with van der Waals surface area (Å²) in [5.74, 6) is 1.72. The average Bonchev–Trinajstić information content (AvgIpc) is 3.60. The minimum atomic E-state index is -0.139. The molecule has 0 unspecified atom stereocenters. The summed E-state index contributed by atoms with van der Waals surface area (Å²) >= 11 is 0. The molecule has 0 radical (unpaired) electrons. The van der Waals surface area contributed by atoms with Gasteiger partial charge in [0.05, 0.1) is 14.2 Å². The van der Waals surface area contributed by atoms with E-state index in [9.17, 15) is 0 Å². The standard InChI is InChI=1S/C59H46O2/c1-5-59(6-2)53-35-39(57-49-19-11-7-15-45(49)55(46-16-8-12-20-50(46)57)37-23-29-41(60-3)30-24-37)27-33-43(53)44-34-28-40(36-54(44)59)58-51-21-13-9-17-47(51)56(48-18-10-14-22-52(48)58)38-25-31-42(61-4)32-26-38/h7-36H,5-6H2,1-4H3. The van der Waals surface area contributed by atoms with Gasteiger partial charge in [-0.05, 0) is 159 Å². The lowest BCUT2D eigenvalue weighted by Crippen LogP contribution is -2.23. The Bertz CT molecular complexity index is 3000. The van der Waals surface area contributed by atoms with E-state index in [1.165, 1.54) is 110 Å². The van der Waals surface area contributed by atoms with Crippen LogP contribution in [-0.4, -0.2) is 14.2 Å². The zero-order valence-corrected chi connectivity index (χ0v) is 35.1. The molecule has 0 saturated carbocycles. The molecule has 10 aromatic carbocycles. The van der Waals surface area contributed by atoms with Crippen LogP contribution in [0.15, 0.2) is 182 Å². The molecule has 2 nitrogen and oxygen atoms in total. The summed E-state index contributed by atoms with van der Waals surface area (Å²) in [6.45, 7) is 4.76. The molecule has 294 valence electrons. The Balaban J connectivity index is 1.10. The third kappa shape index (κ3) is 5.55. The van der Waals surface area contributed by atoms with Gasteiger partial charge in [-0.3, -0.25) is 0 Å². The molecule has 0 atom stereocenters. The Morgan fingerprint density at radius 3 is 0.852 bits per heavy atom. The maximum absolute atomic E-state index is 5.54. The third-order valence-corrected chi connectivity index (χ3v) is 13.8. The van der Waals surface area contributed by atoms with Gasteiger partial charge in [-0.25, -0.2) is 0 Å². The molecule has 11 rings (SSSR count). The third-order valence-electron chi connectivity index (χ3n) is 13.8. The Kier molecular flexibility index (Phi) is 8.79. The highest BCUT2D eigenvalue weighted by Gasteiger charge is 2.41. The SMILES string of the molecule is CCC1(CC)c2cc(-c3c4ccccc4c(-c4ccc(OC)cc4)c4ccccc34)ccc2-c2ccc(-c3c4ccccc4c(-c4ccc(OC)cc4)c4ccccc34)cc21. The summed E-state index contributed by atoms with van der Waals surface area (Å²) in [4.78, 5) is 0. The van der Waals surface area contributed by atoms with Crippen molar-refractivity contribution in [3.8, 4) is 67.1 Å². The fourth-order valence-electron chi connectivity index (χ4n) is 10.8. The van der Waals surface area contributed by atoms with Crippen molar-refractivity contribution < 1.29 is 9.47 Å². The maximum atomic E-state index is 5.54. The van der Waals surface area contributed by atoms with Gasteiger partial charge >= 0.3 is 0 Å². The first-order valence-electron chi connectivity index (χ1n) is 21.5. The van der Waals surface area contributed by atoms with Crippen LogP contribution in [0.25, 0.3) is 98.7 Å². The van der Waals surface area contributed by atoms with Gasteiger partial charge in [-0.1, -0.05) is 159 Å². The van der Waals surface area contributed by atoms with Crippen LogP contribution < -0.4 is 9.47 Å². The van der Waals surface area contributed by atoms with Crippen molar-refractivity contribution in [2.24, 2.45) is 0 Å². The van der Waals surface area contributed by atoms with Gasteiger partial charge in [-0.15, -0.1) is 0 Å². The molecular weight excluding hydrogens is 741 g/mol. The number of ether oxygens (including phenoxy) is 2. The second kappa shape index (κ2) is 14.5. The Morgan fingerprint density at radius 2 is 0.590 bits per heavy atom. The molecule has 0 aromatic heterocycles. The highest BCUT2D eigenvalue weighted by molar-refractivity contribution is 6.23. The van der Waals surface area contributed by atoms with Crippen LogP contribution in [0, 0.1) is 0 Å². The van der Waals surface area contributed by atoms with Crippen LogP contribution in [-0.2, 0) is 5.41 Å². The second-order valence-electron chi connectivity index (χ2n) is 16.4. The molecular formula is C59H46O2. The molecule has 61 heavy (non-hydrogen) atoms. The van der Waals surface area contributed by atoms with Crippen molar-refractivity contribution >= 4 is 43.1 Å². The molecule has 1 aliphatic rings. The molecule has 1 aliphatic carbocycles. The summed E-state index contributed by atoms with van der Waals surface area (Å²) in [5.41, 5.74) is 15.4. The van der Waals surface area contributed by atoms with Gasteiger partial charge in [-0.2, -0.15) is 0 Å². The molecule has 0 amide bonds. The number of rotatable bonds is 8. The van der Waals surface area contributed by atoms with Gasteiger partial charge < -0.3 is 9.47 Å². The van der Waals surface area contributed by atoms with E-state index in [-0.39, 0.29) is 5.41 Å². The molecule has 0 saturated heterocycles. The molecule has 2 heteroatoms. The zero-order chi connectivity index (χ0) is 41.2. The van der Waals surface area contributed by atoms with Gasteiger partial charge in [0.25, 0.3) is 0 Å². The zero-order valence-electron chi connectivity index (χ0n) is 35.1. The highest BCUT2D eigenvalue weighted by Crippen LogP contribution is 2.56. The summed E-state index contributed by atoms with van der Waals surface area (Å²) in [5, 5.41) is 10.1. The predicted octanol–water partition coefficient (Wildman–Crippen LogP) is 16.1. The minimum Gasteiger partial charge on any atom is -0.497 e. The number of hydrogen-bond acceptors (Lipinski definition) is 2. The van der Waals surface area contributed by atoms with Crippen LogP contribution in [0.1, 0.15) is 37.8 Å². The van der Waals surface area contributed by atoms with E-state index >= 15 is 0 Å². The molecule has 0 N–H and O–H groups in total. The normalized spacial score (nSPS) is 12.9. The van der Waals surface area contributed by atoms with E-state index in [4.69, 9.17) is 9.47 Å². The first-order chi connectivity index (χ1) is 30.1. The largest absolute Gasteiger partial charge is 0.497 e. The van der Waals surface area contributed by atoms with Crippen molar-refractivity contribution in [2.45, 2.75) is 32.1 Å². The average molecular weight is 787 g/mol. The monoisotopic (exact) mass is 786 g/mol. The van der Waals surface area contributed by atoms with Gasteiger partial charge in [0, 0.05) is 5.41 Å². The summed E-state index contributed by atoms with van der Waals surface area (Å²) < 4.78 is 11.1. The molecule has 0 fully saturated rings. The van der Waals surface area contributed by atoms with E-state index in [2.05, 4.69) is 196 Å². The van der Waals surface area contributed by atoms with Crippen LogP contribution >= 0.6 is 0 Å². The first kappa shape index (κ1) is 36.9. The quantitative estimate of drug-likeness (QED) is 0.143. The lowest BCUT2D eigenvalue weighted by atomic mass is 9.72. The summed E-state index contributed by atoms with van der Waals surface area (Å²) in [6.07, 6.45) is 2.01. The van der Waals surface area contributed by atoms with Crippen molar-refractivity contribution in [3.05, 3.63) is 193 Å². The van der Waals surface area contributed by atoms with E-state index in [1.807, 2.05) is 0 Å². The minimum absolute atomic E-state index is 0.139. The smallest absolute Gasteiger partial charge is 0.118 e. The fourth-order valence-corrected chi connectivity index (χ4v) is 10.8. The first-order valence-corrected chi connectivity index (χ1v) is 21.5. The van der Waals surface area contributed by atoms with E-state index in [0.717, 1.165) is 24.3 Å². The van der Waals surface area contributed by atoms with E-state index in [1.54, 1.807) is 14.2 Å². The predicted molar refractivity (Wildman–Crippen MR) is 258 cm³/mol. The maximum Gasteiger partial charge on any atom is 0.118 e. The molecule has 0 bridgehead atoms. The van der Waals surface area contributed by atoms with Crippen LogP contribution in [0.2, 0.25) is 0 Å². The lowest BCUT2D eigenvalue weighted by Gasteiger charge is -2.30. The van der Waals surface area contributed by atoms with Crippen LogP contribution in [0.3, 0.4) is 0 Å². The fraction of sp³-hybridized carbons (Fsp3) is 0.119. The Morgan fingerprint density at radius 1 is 0.328 bits per heavy atom. The van der Waals surface area contributed by atoms with Crippen molar-refractivity contribution in [3.63, 3.8) is 0 Å². The van der Waals surface area contributed by atoms with Crippen LogP contribution in [0.5, 0.6) is 11.5 Å². The number of hydrogen-bond donors (Lipinski definition) is 0. The van der Waals surface area contributed by atoms with Gasteiger partial charge in [0.2, 0.25) is 0 Å². The van der Waals surface area contributed by atoms with Crippen molar-refractivity contribution in [1.29, 1.82) is 0 Å². The van der Waals surface area contributed by atoms with Gasteiger partial charge in [0.15, 0.2) is 0 Å². The molecule has 0 heterocycles. The topological polar surface area (TPSA) is 18.5 Å². The number of fused-ring (bicyclic) bond motifs is 7. The summed E-state index contributed by atoms with van der Waals surface area (Å²) in [6, 6.07) is 67.4. The van der Waals surface area contributed by atoms with Crippen LogP contribution in [0.4, 0.5) is 0 Å².